The molecule has 0 saturated carbocycles. The third-order valence-corrected chi connectivity index (χ3v) is 2.03. The number of hydrogen-bond donors (Lipinski definition) is 3. The van der Waals surface area contributed by atoms with Gasteiger partial charge in [0.05, 0.1) is 4.92 Å². The molecular formula is C10H14N4O3. The highest BCUT2D eigenvalue weighted by atomic mass is 16.6. The molecule has 0 radical (unpaired) electrons. The number of amides is 1. The lowest BCUT2D eigenvalue weighted by Gasteiger charge is -2.09. The molecule has 1 amide bonds. The van der Waals surface area contributed by atoms with Gasteiger partial charge in [-0.2, -0.15) is 0 Å². The van der Waals surface area contributed by atoms with Crippen LogP contribution < -0.4 is 16.6 Å². The Bertz CT molecular complexity index is 445. The second-order valence-electron chi connectivity index (χ2n) is 3.76. The quantitative estimate of drug-likeness (QED) is 0.412. The number of carbonyl (C=O) groups is 1. The number of nitrogen functional groups attached to an aromatic ring is 1. The van der Waals surface area contributed by atoms with Gasteiger partial charge in [-0.05, 0) is 26.0 Å². The van der Waals surface area contributed by atoms with Crippen molar-refractivity contribution in [3.63, 3.8) is 0 Å². The number of carbonyl (C=O) groups excluding carboxylic acids is 1. The summed E-state index contributed by atoms with van der Waals surface area (Å²) in [7, 11) is 0. The fraction of sp³-hybridized carbons (Fsp3) is 0.300. The maximum absolute atomic E-state index is 11.7. The van der Waals surface area contributed by atoms with Crippen molar-refractivity contribution < 1.29 is 9.72 Å². The molecule has 0 aromatic heterocycles. The Morgan fingerprint density at radius 3 is 2.59 bits per heavy atom. The summed E-state index contributed by atoms with van der Waals surface area (Å²) in [4.78, 5) is 21.7. The van der Waals surface area contributed by atoms with E-state index in [1.54, 1.807) is 0 Å². The summed E-state index contributed by atoms with van der Waals surface area (Å²) in [5.74, 6) is 4.87. The standard InChI is InChI=1S/C10H14N4O3/c1-6(2)12-10(15)7-3-4-9(14(16)17)8(5-7)13-11/h3-6,13H,11H2,1-2H3,(H,12,15). The van der Waals surface area contributed by atoms with Gasteiger partial charge in [0.1, 0.15) is 5.69 Å². The molecule has 1 aromatic carbocycles. The number of nitrogens with zero attached hydrogens (tertiary/aromatic N) is 1. The number of benzene rings is 1. The Hall–Kier alpha value is -2.15. The van der Waals surface area contributed by atoms with Gasteiger partial charge >= 0.3 is 0 Å². The van der Waals surface area contributed by atoms with E-state index in [0.29, 0.717) is 5.56 Å². The van der Waals surface area contributed by atoms with Crippen molar-refractivity contribution in [1.82, 2.24) is 5.32 Å². The van der Waals surface area contributed by atoms with Crippen LogP contribution in [0.5, 0.6) is 0 Å². The van der Waals surface area contributed by atoms with E-state index >= 15 is 0 Å². The fourth-order valence-corrected chi connectivity index (χ4v) is 1.30. The van der Waals surface area contributed by atoms with Crippen molar-refractivity contribution in [3.8, 4) is 0 Å². The minimum Gasteiger partial charge on any atom is -0.350 e. The van der Waals surface area contributed by atoms with Crippen LogP contribution in [0, 0.1) is 10.1 Å². The molecule has 7 heteroatoms. The van der Waals surface area contributed by atoms with Crippen LogP contribution in [0.25, 0.3) is 0 Å². The summed E-state index contributed by atoms with van der Waals surface area (Å²) in [6, 6.07) is 3.96. The van der Waals surface area contributed by atoms with Crippen molar-refractivity contribution in [2.75, 3.05) is 5.43 Å². The first kappa shape index (κ1) is 12.9. The predicted molar refractivity (Wildman–Crippen MR) is 63.5 cm³/mol. The highest BCUT2D eigenvalue weighted by Gasteiger charge is 2.16. The first-order valence-corrected chi connectivity index (χ1v) is 5.01. The summed E-state index contributed by atoms with van der Waals surface area (Å²) in [5, 5.41) is 13.3. The third-order valence-electron chi connectivity index (χ3n) is 2.03. The normalized spacial score (nSPS) is 10.1. The van der Waals surface area contributed by atoms with Crippen LogP contribution in [-0.2, 0) is 0 Å². The maximum Gasteiger partial charge on any atom is 0.293 e. The second kappa shape index (κ2) is 5.26. The number of anilines is 1. The number of nitrogens with two attached hydrogens (primary N) is 1. The molecule has 1 rings (SSSR count). The van der Waals surface area contributed by atoms with E-state index in [1.165, 1.54) is 18.2 Å². The zero-order valence-electron chi connectivity index (χ0n) is 9.56. The van der Waals surface area contributed by atoms with Crippen LogP contribution in [0.2, 0.25) is 0 Å². The van der Waals surface area contributed by atoms with Crippen molar-refractivity contribution >= 4 is 17.3 Å². The molecule has 0 bridgehead atoms. The van der Waals surface area contributed by atoms with Gasteiger partial charge in [-0.1, -0.05) is 0 Å². The van der Waals surface area contributed by atoms with Gasteiger partial charge in [-0.15, -0.1) is 0 Å². The smallest absolute Gasteiger partial charge is 0.293 e. The van der Waals surface area contributed by atoms with Gasteiger partial charge in [0.25, 0.3) is 11.6 Å². The molecule has 4 N–H and O–H groups in total. The van der Waals surface area contributed by atoms with Crippen molar-refractivity contribution in [2.45, 2.75) is 19.9 Å². The van der Waals surface area contributed by atoms with Crippen LogP contribution in [-0.4, -0.2) is 16.9 Å². The Morgan fingerprint density at radius 1 is 1.47 bits per heavy atom. The molecule has 0 unspecified atom stereocenters. The summed E-state index contributed by atoms with van der Waals surface area (Å²) in [5.41, 5.74) is 2.45. The largest absolute Gasteiger partial charge is 0.350 e. The topological polar surface area (TPSA) is 110 Å². The zero-order valence-corrected chi connectivity index (χ0v) is 9.56. The average Bonchev–Trinajstić information content (AvgIpc) is 2.27. The lowest BCUT2D eigenvalue weighted by atomic mass is 10.1. The minimum absolute atomic E-state index is 0.00743. The van der Waals surface area contributed by atoms with Crippen LogP contribution in [0.1, 0.15) is 24.2 Å². The highest BCUT2D eigenvalue weighted by Crippen LogP contribution is 2.24. The molecule has 17 heavy (non-hydrogen) atoms. The van der Waals surface area contributed by atoms with Crippen LogP contribution in [0.4, 0.5) is 11.4 Å². The van der Waals surface area contributed by atoms with Gasteiger partial charge in [-0.3, -0.25) is 20.8 Å². The van der Waals surface area contributed by atoms with E-state index in [2.05, 4.69) is 10.7 Å². The second-order valence-corrected chi connectivity index (χ2v) is 3.76. The van der Waals surface area contributed by atoms with Crippen molar-refractivity contribution in [1.29, 1.82) is 0 Å². The minimum atomic E-state index is -0.570. The third kappa shape index (κ3) is 3.15. The number of nitro benzene ring substituents is 1. The first-order valence-electron chi connectivity index (χ1n) is 5.01. The van der Waals surface area contributed by atoms with Gasteiger partial charge < -0.3 is 10.7 Å². The van der Waals surface area contributed by atoms with Crippen LogP contribution in [0.15, 0.2) is 18.2 Å². The predicted octanol–water partition coefficient (Wildman–Crippen LogP) is 1.02. The molecular weight excluding hydrogens is 224 g/mol. The molecule has 0 aliphatic carbocycles. The van der Waals surface area contributed by atoms with E-state index in [4.69, 9.17) is 5.84 Å². The molecule has 0 atom stereocenters. The Kier molecular flexibility index (Phi) is 4.00. The maximum atomic E-state index is 11.7. The van der Waals surface area contributed by atoms with Crippen LogP contribution in [0.3, 0.4) is 0 Å². The lowest BCUT2D eigenvalue weighted by Crippen LogP contribution is -2.30. The van der Waals surface area contributed by atoms with E-state index in [-0.39, 0.29) is 23.3 Å². The number of hydrazine groups is 1. The van der Waals surface area contributed by atoms with Crippen molar-refractivity contribution in [2.24, 2.45) is 5.84 Å². The number of nitrogens with one attached hydrogen (secondary N) is 2. The van der Waals surface area contributed by atoms with Gasteiger partial charge in [0, 0.05) is 17.7 Å². The number of nitro groups is 1. The van der Waals surface area contributed by atoms with E-state index < -0.39 is 4.92 Å². The Labute approximate surface area is 98.1 Å². The van der Waals surface area contributed by atoms with E-state index in [0.717, 1.165) is 0 Å². The average molecular weight is 238 g/mol. The fourth-order valence-electron chi connectivity index (χ4n) is 1.30. The molecule has 1 aromatic rings. The monoisotopic (exact) mass is 238 g/mol. The number of rotatable bonds is 4. The molecule has 0 fully saturated rings. The Morgan fingerprint density at radius 2 is 2.12 bits per heavy atom. The van der Waals surface area contributed by atoms with Gasteiger partial charge in [-0.25, -0.2) is 0 Å². The van der Waals surface area contributed by atoms with Crippen molar-refractivity contribution in [3.05, 3.63) is 33.9 Å². The van der Waals surface area contributed by atoms with E-state index in [1.807, 2.05) is 13.8 Å². The summed E-state index contributed by atoms with van der Waals surface area (Å²) in [6.07, 6.45) is 0. The molecule has 7 nitrogen and oxygen atoms in total. The molecule has 0 saturated heterocycles. The molecule has 0 heterocycles. The van der Waals surface area contributed by atoms with Gasteiger partial charge in [0.2, 0.25) is 0 Å². The van der Waals surface area contributed by atoms with Crippen LogP contribution >= 0.6 is 0 Å². The molecule has 92 valence electrons. The molecule has 0 spiro atoms. The Balaban J connectivity index is 3.05. The highest BCUT2D eigenvalue weighted by molar-refractivity contribution is 5.96. The van der Waals surface area contributed by atoms with E-state index in [9.17, 15) is 14.9 Å². The number of hydrogen-bond acceptors (Lipinski definition) is 5. The lowest BCUT2D eigenvalue weighted by molar-refractivity contribution is -0.384. The SMILES string of the molecule is CC(C)NC(=O)c1ccc([N+](=O)[O-])c(NN)c1. The zero-order chi connectivity index (χ0) is 13.0. The molecule has 0 aliphatic rings. The summed E-state index contributed by atoms with van der Waals surface area (Å²) >= 11 is 0. The summed E-state index contributed by atoms with van der Waals surface area (Å²) < 4.78 is 0. The summed E-state index contributed by atoms with van der Waals surface area (Å²) in [6.45, 7) is 3.65. The van der Waals surface area contributed by atoms with Gasteiger partial charge in [0.15, 0.2) is 0 Å². The first-order chi connectivity index (χ1) is 7.95. The molecule has 0 aliphatic heterocycles.